The molecular formula is C19H17NO7S. The minimum atomic E-state index is -3.90. The molecule has 0 N–H and O–H groups in total. The minimum absolute atomic E-state index is 0.0199. The molecule has 2 amide bonds. The summed E-state index contributed by atoms with van der Waals surface area (Å²) < 4.78 is 35.2. The first kappa shape index (κ1) is 19.6. The van der Waals surface area contributed by atoms with Crippen molar-refractivity contribution in [3.8, 4) is 5.75 Å². The summed E-state index contributed by atoms with van der Waals surface area (Å²) in [5.41, 5.74) is 0.0432. The SMILES string of the molecule is CCS(=O)(=O)c1cc(C(=O)OC)c(OC)cc1N1C(=O)c2ccccc2C1=O. The molecule has 3 rings (SSSR count). The summed E-state index contributed by atoms with van der Waals surface area (Å²) in [6, 6.07) is 8.46. The molecule has 0 spiro atoms. The van der Waals surface area contributed by atoms with Crippen molar-refractivity contribution < 1.29 is 32.3 Å². The van der Waals surface area contributed by atoms with Crippen molar-refractivity contribution in [2.24, 2.45) is 0 Å². The van der Waals surface area contributed by atoms with Gasteiger partial charge in [0, 0.05) is 6.07 Å². The fourth-order valence-corrected chi connectivity index (χ4v) is 4.05. The van der Waals surface area contributed by atoms with Gasteiger partial charge in [0.05, 0.1) is 41.7 Å². The highest BCUT2D eigenvalue weighted by atomic mass is 32.2. The van der Waals surface area contributed by atoms with Gasteiger partial charge >= 0.3 is 5.97 Å². The zero-order chi connectivity index (χ0) is 20.6. The molecule has 2 aromatic rings. The monoisotopic (exact) mass is 403 g/mol. The van der Waals surface area contributed by atoms with Crippen LogP contribution in [0.15, 0.2) is 41.3 Å². The third kappa shape index (κ3) is 2.93. The summed E-state index contributed by atoms with van der Waals surface area (Å²) in [5, 5.41) is 0. The number of anilines is 1. The van der Waals surface area contributed by atoms with Gasteiger partial charge in [-0.2, -0.15) is 0 Å². The Labute approximate surface area is 161 Å². The van der Waals surface area contributed by atoms with Gasteiger partial charge in [0.1, 0.15) is 11.3 Å². The van der Waals surface area contributed by atoms with Crippen LogP contribution in [0.1, 0.15) is 38.0 Å². The van der Waals surface area contributed by atoms with E-state index >= 15 is 0 Å². The molecule has 146 valence electrons. The largest absolute Gasteiger partial charge is 0.496 e. The molecule has 0 bridgehead atoms. The van der Waals surface area contributed by atoms with Crippen LogP contribution in [0.5, 0.6) is 5.75 Å². The van der Waals surface area contributed by atoms with E-state index in [2.05, 4.69) is 4.74 Å². The average molecular weight is 403 g/mol. The second-order valence-corrected chi connectivity index (χ2v) is 8.15. The lowest BCUT2D eigenvalue weighted by atomic mass is 10.1. The van der Waals surface area contributed by atoms with Crippen LogP contribution in [0.2, 0.25) is 0 Å². The summed E-state index contributed by atoms with van der Waals surface area (Å²) in [4.78, 5) is 38.2. The Bertz CT molecular complexity index is 1070. The Hall–Kier alpha value is -3.20. The standard InChI is InChI=1S/C19H17NO7S/c1-4-28(24,25)16-9-13(19(23)27-3)15(26-2)10-14(16)20-17(21)11-7-5-6-8-12(11)18(20)22/h5-10H,4H2,1-3H3. The highest BCUT2D eigenvalue weighted by molar-refractivity contribution is 7.91. The number of hydrogen-bond donors (Lipinski definition) is 0. The Morgan fingerprint density at radius 2 is 1.61 bits per heavy atom. The number of benzene rings is 2. The number of carbonyl (C=O) groups is 3. The lowest BCUT2D eigenvalue weighted by Crippen LogP contribution is -2.31. The number of carbonyl (C=O) groups excluding carboxylic acids is 3. The predicted molar refractivity (Wildman–Crippen MR) is 99.6 cm³/mol. The van der Waals surface area contributed by atoms with Crippen molar-refractivity contribution >= 4 is 33.3 Å². The lowest BCUT2D eigenvalue weighted by molar-refractivity contribution is 0.0596. The third-order valence-electron chi connectivity index (χ3n) is 4.44. The second kappa shape index (κ2) is 7.08. The molecule has 1 heterocycles. The first-order valence-corrected chi connectivity index (χ1v) is 9.93. The average Bonchev–Trinajstić information content (AvgIpc) is 2.97. The number of rotatable bonds is 5. The minimum Gasteiger partial charge on any atom is -0.496 e. The van der Waals surface area contributed by atoms with Gasteiger partial charge in [-0.15, -0.1) is 0 Å². The molecule has 0 saturated heterocycles. The molecule has 0 radical (unpaired) electrons. The van der Waals surface area contributed by atoms with E-state index in [1.165, 1.54) is 32.2 Å². The summed E-state index contributed by atoms with van der Waals surface area (Å²) in [6.45, 7) is 1.42. The number of amides is 2. The van der Waals surface area contributed by atoms with Gasteiger partial charge in [-0.1, -0.05) is 19.1 Å². The Morgan fingerprint density at radius 3 is 2.07 bits per heavy atom. The fourth-order valence-electron chi connectivity index (χ4n) is 2.97. The van der Waals surface area contributed by atoms with E-state index in [1.807, 2.05) is 0 Å². The smallest absolute Gasteiger partial charge is 0.341 e. The number of sulfone groups is 1. The lowest BCUT2D eigenvalue weighted by Gasteiger charge is -2.20. The van der Waals surface area contributed by atoms with Gasteiger partial charge in [0.2, 0.25) is 0 Å². The molecule has 1 aliphatic rings. The maximum Gasteiger partial charge on any atom is 0.341 e. The molecule has 9 heteroatoms. The van der Waals surface area contributed by atoms with Crippen LogP contribution in [-0.2, 0) is 14.6 Å². The van der Waals surface area contributed by atoms with Gasteiger partial charge in [-0.3, -0.25) is 9.59 Å². The topological polar surface area (TPSA) is 107 Å². The number of esters is 1. The Balaban J connectivity index is 2.31. The fraction of sp³-hybridized carbons (Fsp3) is 0.211. The number of hydrogen-bond acceptors (Lipinski definition) is 7. The summed E-state index contributed by atoms with van der Waals surface area (Å²) in [6.07, 6.45) is 0. The van der Waals surface area contributed by atoms with Crippen LogP contribution in [0, 0.1) is 0 Å². The first-order valence-electron chi connectivity index (χ1n) is 8.27. The van der Waals surface area contributed by atoms with Gasteiger partial charge in [0.15, 0.2) is 9.84 Å². The maximum absolute atomic E-state index is 12.8. The highest BCUT2D eigenvalue weighted by Crippen LogP contribution is 2.38. The normalized spacial score (nSPS) is 13.5. The molecule has 0 aromatic heterocycles. The van der Waals surface area contributed by atoms with Crippen LogP contribution in [-0.4, -0.2) is 46.2 Å². The van der Waals surface area contributed by atoms with E-state index in [0.29, 0.717) is 0 Å². The molecule has 2 aromatic carbocycles. The zero-order valence-corrected chi connectivity index (χ0v) is 16.2. The number of ether oxygens (including phenoxy) is 2. The van der Waals surface area contributed by atoms with Crippen molar-refractivity contribution in [1.82, 2.24) is 0 Å². The number of imide groups is 1. The van der Waals surface area contributed by atoms with Crippen LogP contribution in [0.4, 0.5) is 5.69 Å². The van der Waals surface area contributed by atoms with E-state index in [0.717, 1.165) is 18.1 Å². The molecule has 1 aliphatic heterocycles. The van der Waals surface area contributed by atoms with Crippen LogP contribution in [0.25, 0.3) is 0 Å². The molecule has 0 saturated carbocycles. The second-order valence-electron chi connectivity index (χ2n) is 5.91. The highest BCUT2D eigenvalue weighted by Gasteiger charge is 2.39. The number of methoxy groups -OCH3 is 2. The molecule has 0 unspecified atom stereocenters. The van der Waals surface area contributed by atoms with Crippen LogP contribution < -0.4 is 9.64 Å². The van der Waals surface area contributed by atoms with Crippen molar-refractivity contribution in [1.29, 1.82) is 0 Å². The van der Waals surface area contributed by atoms with E-state index in [4.69, 9.17) is 4.74 Å². The molecular weight excluding hydrogens is 386 g/mol. The van der Waals surface area contributed by atoms with Gasteiger partial charge in [0.25, 0.3) is 11.8 Å². The molecule has 0 fully saturated rings. The predicted octanol–water partition coefficient (Wildman–Crippen LogP) is 2.08. The molecule has 8 nitrogen and oxygen atoms in total. The van der Waals surface area contributed by atoms with Crippen molar-refractivity contribution in [3.05, 3.63) is 53.1 Å². The quantitative estimate of drug-likeness (QED) is 0.556. The van der Waals surface area contributed by atoms with E-state index < -0.39 is 27.6 Å². The number of fused-ring (bicyclic) bond motifs is 1. The molecule has 0 atom stereocenters. The van der Waals surface area contributed by atoms with E-state index in [-0.39, 0.29) is 38.8 Å². The van der Waals surface area contributed by atoms with Crippen LogP contribution >= 0.6 is 0 Å². The van der Waals surface area contributed by atoms with Gasteiger partial charge in [-0.25, -0.2) is 18.1 Å². The third-order valence-corrected chi connectivity index (χ3v) is 6.19. The summed E-state index contributed by atoms with van der Waals surface area (Å²) in [7, 11) is -1.47. The van der Waals surface area contributed by atoms with Crippen molar-refractivity contribution in [3.63, 3.8) is 0 Å². The summed E-state index contributed by atoms with van der Waals surface area (Å²) >= 11 is 0. The molecule has 0 aliphatic carbocycles. The first-order chi connectivity index (χ1) is 13.3. The van der Waals surface area contributed by atoms with Crippen molar-refractivity contribution in [2.75, 3.05) is 24.9 Å². The summed E-state index contributed by atoms with van der Waals surface area (Å²) in [5.74, 6) is -2.43. The van der Waals surface area contributed by atoms with E-state index in [1.54, 1.807) is 12.1 Å². The van der Waals surface area contributed by atoms with Crippen molar-refractivity contribution in [2.45, 2.75) is 11.8 Å². The van der Waals surface area contributed by atoms with E-state index in [9.17, 15) is 22.8 Å². The Kier molecular flexibility index (Phi) is 4.95. The zero-order valence-electron chi connectivity index (χ0n) is 15.4. The Morgan fingerprint density at radius 1 is 1.04 bits per heavy atom. The maximum atomic E-state index is 12.8. The number of nitrogens with zero attached hydrogens (tertiary/aromatic N) is 1. The molecule has 28 heavy (non-hydrogen) atoms. The van der Waals surface area contributed by atoms with Gasteiger partial charge in [-0.05, 0) is 18.2 Å². The van der Waals surface area contributed by atoms with Crippen LogP contribution in [0.3, 0.4) is 0 Å². The van der Waals surface area contributed by atoms with Gasteiger partial charge < -0.3 is 9.47 Å².